The molecule has 1 amide bonds. The Labute approximate surface area is 163 Å². The molecule has 0 aliphatic heterocycles. The van der Waals surface area contributed by atoms with Crippen LogP contribution in [-0.2, 0) is 4.79 Å². The van der Waals surface area contributed by atoms with Gasteiger partial charge in [-0.3, -0.25) is 4.79 Å². The molecule has 0 spiro atoms. The standard InChI is InChI=1S/C19H21ClN2O3S/c1-2-24-16-11-7-15(8-12-16)21-19(26)22-18(23)4-3-13-25-17-9-5-14(20)6-10-17/h5-12H,2-4,13H2,1H3,(H2,21,22,23,26). The number of benzene rings is 2. The van der Waals surface area contributed by atoms with Crippen molar-refractivity contribution in [2.45, 2.75) is 19.8 Å². The molecule has 2 N–H and O–H groups in total. The number of rotatable bonds is 8. The second-order valence-electron chi connectivity index (χ2n) is 5.37. The zero-order chi connectivity index (χ0) is 18.8. The van der Waals surface area contributed by atoms with E-state index in [4.69, 9.17) is 33.3 Å². The van der Waals surface area contributed by atoms with E-state index in [2.05, 4.69) is 10.6 Å². The molecule has 7 heteroatoms. The first-order chi connectivity index (χ1) is 12.6. The van der Waals surface area contributed by atoms with Crippen LogP contribution < -0.4 is 20.1 Å². The summed E-state index contributed by atoms with van der Waals surface area (Å²) in [7, 11) is 0. The maximum Gasteiger partial charge on any atom is 0.226 e. The summed E-state index contributed by atoms with van der Waals surface area (Å²) in [6, 6.07) is 14.4. The van der Waals surface area contributed by atoms with E-state index < -0.39 is 0 Å². The van der Waals surface area contributed by atoms with Crippen molar-refractivity contribution < 1.29 is 14.3 Å². The molecule has 26 heavy (non-hydrogen) atoms. The number of hydrogen-bond donors (Lipinski definition) is 2. The largest absolute Gasteiger partial charge is 0.494 e. The summed E-state index contributed by atoms with van der Waals surface area (Å²) in [5.74, 6) is 1.35. The molecule has 2 rings (SSSR count). The number of anilines is 1. The Morgan fingerprint density at radius 1 is 1.04 bits per heavy atom. The molecule has 0 unspecified atom stereocenters. The number of amides is 1. The summed E-state index contributed by atoms with van der Waals surface area (Å²) in [5.41, 5.74) is 0.782. The first kappa shape index (κ1) is 20.0. The summed E-state index contributed by atoms with van der Waals surface area (Å²) in [6.07, 6.45) is 0.902. The quantitative estimate of drug-likeness (QED) is 0.514. The van der Waals surface area contributed by atoms with Gasteiger partial charge in [0.05, 0.1) is 13.2 Å². The van der Waals surface area contributed by atoms with E-state index in [1.54, 1.807) is 24.3 Å². The fraction of sp³-hybridized carbons (Fsp3) is 0.263. The third-order valence-corrected chi connectivity index (χ3v) is 3.76. The lowest BCUT2D eigenvalue weighted by Crippen LogP contribution is -2.34. The van der Waals surface area contributed by atoms with Crippen molar-refractivity contribution in [3.05, 3.63) is 53.6 Å². The fourth-order valence-corrected chi connectivity index (χ4v) is 2.46. The molecule has 5 nitrogen and oxygen atoms in total. The monoisotopic (exact) mass is 392 g/mol. The van der Waals surface area contributed by atoms with Crippen molar-refractivity contribution in [1.82, 2.24) is 5.32 Å². The third kappa shape index (κ3) is 7.29. The van der Waals surface area contributed by atoms with Crippen LogP contribution in [0.2, 0.25) is 5.02 Å². The van der Waals surface area contributed by atoms with Gasteiger partial charge in [-0.25, -0.2) is 0 Å². The smallest absolute Gasteiger partial charge is 0.226 e. The predicted octanol–water partition coefficient (Wildman–Crippen LogP) is 4.41. The number of ether oxygens (including phenoxy) is 2. The first-order valence-electron chi connectivity index (χ1n) is 8.29. The highest BCUT2D eigenvalue weighted by molar-refractivity contribution is 7.80. The van der Waals surface area contributed by atoms with Crippen LogP contribution in [0, 0.1) is 0 Å². The normalized spacial score (nSPS) is 10.1. The lowest BCUT2D eigenvalue weighted by Gasteiger charge is -2.10. The Kier molecular flexibility index (Phi) is 8.18. The fourth-order valence-electron chi connectivity index (χ4n) is 2.11. The molecule has 0 atom stereocenters. The molecule has 0 aliphatic rings. The SMILES string of the molecule is CCOc1ccc(NC(=S)NC(=O)CCCOc2ccc(Cl)cc2)cc1. The van der Waals surface area contributed by atoms with Gasteiger partial charge in [0.25, 0.3) is 0 Å². The van der Waals surface area contributed by atoms with Gasteiger partial charge in [-0.2, -0.15) is 0 Å². The maximum atomic E-state index is 11.9. The Balaban J connectivity index is 1.65. The van der Waals surface area contributed by atoms with E-state index >= 15 is 0 Å². The average molecular weight is 393 g/mol. The molecule has 0 bridgehead atoms. The van der Waals surface area contributed by atoms with Crippen molar-refractivity contribution in [2.75, 3.05) is 18.5 Å². The zero-order valence-electron chi connectivity index (χ0n) is 14.5. The Morgan fingerprint density at radius 3 is 2.31 bits per heavy atom. The number of nitrogens with one attached hydrogen (secondary N) is 2. The van der Waals surface area contributed by atoms with Gasteiger partial charge in [-0.05, 0) is 74.1 Å². The zero-order valence-corrected chi connectivity index (χ0v) is 16.0. The van der Waals surface area contributed by atoms with Crippen LogP contribution in [-0.4, -0.2) is 24.2 Å². The van der Waals surface area contributed by atoms with Gasteiger partial charge in [-0.15, -0.1) is 0 Å². The topological polar surface area (TPSA) is 59.6 Å². The van der Waals surface area contributed by atoms with Crippen LogP contribution in [0.5, 0.6) is 11.5 Å². The third-order valence-electron chi connectivity index (χ3n) is 3.31. The van der Waals surface area contributed by atoms with Crippen LogP contribution in [0.4, 0.5) is 5.69 Å². The van der Waals surface area contributed by atoms with Crippen LogP contribution >= 0.6 is 23.8 Å². The molecule has 0 aromatic heterocycles. The molecule has 2 aromatic carbocycles. The number of carbonyl (C=O) groups is 1. The summed E-state index contributed by atoms with van der Waals surface area (Å²) in [4.78, 5) is 11.9. The molecule has 138 valence electrons. The van der Waals surface area contributed by atoms with E-state index in [-0.39, 0.29) is 11.0 Å². The van der Waals surface area contributed by atoms with Gasteiger partial charge in [0.1, 0.15) is 11.5 Å². The van der Waals surface area contributed by atoms with E-state index in [0.717, 1.165) is 17.2 Å². The minimum absolute atomic E-state index is 0.159. The lowest BCUT2D eigenvalue weighted by atomic mass is 10.3. The van der Waals surface area contributed by atoms with Gasteiger partial charge < -0.3 is 20.1 Å². The van der Waals surface area contributed by atoms with Gasteiger partial charge in [0.2, 0.25) is 5.91 Å². The van der Waals surface area contributed by atoms with Crippen LogP contribution in [0.15, 0.2) is 48.5 Å². The van der Waals surface area contributed by atoms with Gasteiger partial charge in [0, 0.05) is 17.1 Å². The Morgan fingerprint density at radius 2 is 1.65 bits per heavy atom. The summed E-state index contributed by atoms with van der Waals surface area (Å²) < 4.78 is 10.9. The molecule has 0 heterocycles. The van der Waals surface area contributed by atoms with Crippen molar-refractivity contribution in [3.63, 3.8) is 0 Å². The van der Waals surface area contributed by atoms with Gasteiger partial charge in [0.15, 0.2) is 5.11 Å². The lowest BCUT2D eigenvalue weighted by molar-refractivity contribution is -0.119. The summed E-state index contributed by atoms with van der Waals surface area (Å²) in [5, 5.41) is 6.53. The van der Waals surface area contributed by atoms with Gasteiger partial charge in [-0.1, -0.05) is 11.6 Å². The summed E-state index contributed by atoms with van der Waals surface area (Å²) in [6.45, 7) is 2.98. The molecular formula is C19H21ClN2O3S. The summed E-state index contributed by atoms with van der Waals surface area (Å²) >= 11 is 11.0. The van der Waals surface area contributed by atoms with E-state index in [1.807, 2.05) is 31.2 Å². The second-order valence-corrected chi connectivity index (χ2v) is 6.21. The first-order valence-corrected chi connectivity index (χ1v) is 9.07. The Bertz CT molecular complexity index is 721. The highest BCUT2D eigenvalue weighted by Gasteiger charge is 2.05. The highest BCUT2D eigenvalue weighted by Crippen LogP contribution is 2.16. The van der Waals surface area contributed by atoms with Crippen molar-refractivity contribution in [3.8, 4) is 11.5 Å². The maximum absolute atomic E-state index is 11.9. The van der Waals surface area contributed by atoms with Crippen molar-refractivity contribution in [1.29, 1.82) is 0 Å². The van der Waals surface area contributed by atoms with Crippen molar-refractivity contribution in [2.24, 2.45) is 0 Å². The second kappa shape index (κ2) is 10.6. The molecule has 0 fully saturated rings. The van der Waals surface area contributed by atoms with E-state index in [1.165, 1.54) is 0 Å². The van der Waals surface area contributed by atoms with E-state index in [0.29, 0.717) is 31.1 Å². The number of thiocarbonyl (C=S) groups is 1. The van der Waals surface area contributed by atoms with Crippen LogP contribution in [0.25, 0.3) is 0 Å². The van der Waals surface area contributed by atoms with E-state index in [9.17, 15) is 4.79 Å². The highest BCUT2D eigenvalue weighted by atomic mass is 35.5. The molecular weight excluding hydrogens is 372 g/mol. The predicted molar refractivity (Wildman–Crippen MR) is 108 cm³/mol. The average Bonchev–Trinajstić information content (AvgIpc) is 2.62. The Hall–Kier alpha value is -2.31. The minimum Gasteiger partial charge on any atom is -0.494 e. The van der Waals surface area contributed by atoms with Crippen LogP contribution in [0.3, 0.4) is 0 Å². The molecule has 2 aromatic rings. The van der Waals surface area contributed by atoms with Crippen LogP contribution in [0.1, 0.15) is 19.8 Å². The number of hydrogen-bond acceptors (Lipinski definition) is 4. The van der Waals surface area contributed by atoms with Crippen molar-refractivity contribution >= 4 is 40.5 Å². The van der Waals surface area contributed by atoms with Gasteiger partial charge >= 0.3 is 0 Å². The molecule has 0 saturated heterocycles. The molecule has 0 radical (unpaired) electrons. The number of halogens is 1. The minimum atomic E-state index is -0.159. The number of carbonyl (C=O) groups excluding carboxylic acids is 1. The molecule has 0 saturated carbocycles. The molecule has 0 aliphatic carbocycles.